The maximum absolute atomic E-state index is 11.8. The second-order valence-electron chi connectivity index (χ2n) is 4.11. The van der Waals surface area contributed by atoms with E-state index in [1.807, 2.05) is 0 Å². The van der Waals surface area contributed by atoms with Crippen molar-refractivity contribution in [2.24, 2.45) is 0 Å². The SMILES string of the molecule is COc1ccc(C(=O)NCC(C)(O)C(=O)O)cc1Br. The quantitative estimate of drug-likeness (QED) is 0.748. The van der Waals surface area contributed by atoms with E-state index >= 15 is 0 Å². The van der Waals surface area contributed by atoms with E-state index in [-0.39, 0.29) is 6.54 Å². The van der Waals surface area contributed by atoms with E-state index in [4.69, 9.17) is 9.84 Å². The van der Waals surface area contributed by atoms with E-state index in [1.165, 1.54) is 13.2 Å². The Morgan fingerprint density at radius 3 is 2.58 bits per heavy atom. The van der Waals surface area contributed by atoms with Crippen LogP contribution in [0.15, 0.2) is 22.7 Å². The average molecular weight is 332 g/mol. The fraction of sp³-hybridized carbons (Fsp3) is 0.333. The summed E-state index contributed by atoms with van der Waals surface area (Å²) in [4.78, 5) is 22.5. The number of nitrogens with one attached hydrogen (secondary N) is 1. The molecule has 0 heterocycles. The number of hydrogen-bond acceptors (Lipinski definition) is 4. The molecular weight excluding hydrogens is 318 g/mol. The van der Waals surface area contributed by atoms with Crippen LogP contribution in [0.25, 0.3) is 0 Å². The molecule has 0 saturated heterocycles. The first-order valence-electron chi connectivity index (χ1n) is 5.35. The van der Waals surface area contributed by atoms with Gasteiger partial charge in [0.15, 0.2) is 5.60 Å². The molecule has 0 fully saturated rings. The van der Waals surface area contributed by atoms with Crippen LogP contribution in [0.4, 0.5) is 0 Å². The van der Waals surface area contributed by atoms with Crippen LogP contribution in [0.1, 0.15) is 17.3 Å². The summed E-state index contributed by atoms with van der Waals surface area (Å²) in [5.41, 5.74) is -1.67. The molecule has 0 aromatic heterocycles. The minimum atomic E-state index is -2.00. The Balaban J connectivity index is 2.74. The van der Waals surface area contributed by atoms with Crippen LogP contribution in [-0.4, -0.2) is 41.3 Å². The van der Waals surface area contributed by atoms with Gasteiger partial charge in [0.05, 0.1) is 18.1 Å². The Labute approximate surface area is 118 Å². The largest absolute Gasteiger partial charge is 0.496 e. The van der Waals surface area contributed by atoms with E-state index in [0.717, 1.165) is 6.92 Å². The third kappa shape index (κ3) is 3.93. The molecule has 1 atom stereocenters. The van der Waals surface area contributed by atoms with Crippen molar-refractivity contribution < 1.29 is 24.5 Å². The molecule has 1 aromatic rings. The Kier molecular flexibility index (Phi) is 4.90. The van der Waals surface area contributed by atoms with Crippen LogP contribution in [0, 0.1) is 0 Å². The first-order chi connectivity index (χ1) is 8.77. The number of aliphatic hydroxyl groups is 1. The number of ether oxygens (including phenoxy) is 1. The van der Waals surface area contributed by atoms with Gasteiger partial charge in [0, 0.05) is 5.56 Å². The van der Waals surface area contributed by atoms with E-state index < -0.39 is 17.5 Å². The Bertz CT molecular complexity index is 501. The van der Waals surface area contributed by atoms with E-state index in [1.54, 1.807) is 12.1 Å². The van der Waals surface area contributed by atoms with Crippen molar-refractivity contribution in [3.8, 4) is 5.75 Å². The number of benzene rings is 1. The number of carboxylic acids is 1. The van der Waals surface area contributed by atoms with Gasteiger partial charge in [-0.3, -0.25) is 4.79 Å². The summed E-state index contributed by atoms with van der Waals surface area (Å²) < 4.78 is 5.63. The van der Waals surface area contributed by atoms with Crippen molar-refractivity contribution in [3.05, 3.63) is 28.2 Å². The molecule has 0 aliphatic carbocycles. The number of amides is 1. The van der Waals surface area contributed by atoms with Crippen molar-refractivity contribution >= 4 is 27.8 Å². The highest BCUT2D eigenvalue weighted by Crippen LogP contribution is 2.25. The number of carboxylic acid groups (broad SMARTS) is 1. The summed E-state index contributed by atoms with van der Waals surface area (Å²) in [7, 11) is 1.50. The molecule has 19 heavy (non-hydrogen) atoms. The van der Waals surface area contributed by atoms with Gasteiger partial charge in [0.25, 0.3) is 5.91 Å². The van der Waals surface area contributed by atoms with E-state index in [0.29, 0.717) is 15.8 Å². The van der Waals surface area contributed by atoms with Gasteiger partial charge in [-0.15, -0.1) is 0 Å². The molecule has 3 N–H and O–H groups in total. The lowest BCUT2D eigenvalue weighted by Gasteiger charge is -2.18. The molecule has 0 aliphatic heterocycles. The molecule has 1 aromatic carbocycles. The Hall–Kier alpha value is -1.60. The molecule has 0 aliphatic rings. The topological polar surface area (TPSA) is 95.9 Å². The number of rotatable bonds is 5. The second kappa shape index (κ2) is 6.03. The van der Waals surface area contributed by atoms with Crippen molar-refractivity contribution in [2.45, 2.75) is 12.5 Å². The van der Waals surface area contributed by atoms with Crippen molar-refractivity contribution in [3.63, 3.8) is 0 Å². The van der Waals surface area contributed by atoms with Gasteiger partial charge in [0.2, 0.25) is 0 Å². The van der Waals surface area contributed by atoms with Crippen molar-refractivity contribution in [2.75, 3.05) is 13.7 Å². The summed E-state index contributed by atoms with van der Waals surface area (Å²) in [5, 5.41) is 20.5. The monoisotopic (exact) mass is 331 g/mol. The van der Waals surface area contributed by atoms with Gasteiger partial charge in [-0.2, -0.15) is 0 Å². The van der Waals surface area contributed by atoms with Crippen molar-refractivity contribution in [1.82, 2.24) is 5.32 Å². The first-order valence-corrected chi connectivity index (χ1v) is 6.14. The van der Waals surface area contributed by atoms with Crippen LogP contribution in [0.2, 0.25) is 0 Å². The molecule has 1 unspecified atom stereocenters. The molecule has 0 bridgehead atoms. The minimum absolute atomic E-state index is 0.328. The molecule has 1 amide bonds. The third-order valence-electron chi connectivity index (χ3n) is 2.47. The fourth-order valence-corrected chi connectivity index (χ4v) is 1.78. The molecule has 1 rings (SSSR count). The number of methoxy groups -OCH3 is 1. The van der Waals surface area contributed by atoms with E-state index in [9.17, 15) is 14.7 Å². The zero-order chi connectivity index (χ0) is 14.6. The summed E-state index contributed by atoms with van der Waals surface area (Å²) in [6.07, 6.45) is 0. The maximum atomic E-state index is 11.8. The lowest BCUT2D eigenvalue weighted by Crippen LogP contribution is -2.46. The average Bonchev–Trinajstić information content (AvgIpc) is 2.35. The van der Waals surface area contributed by atoms with Crippen LogP contribution < -0.4 is 10.1 Å². The number of carbonyl (C=O) groups is 2. The van der Waals surface area contributed by atoms with Gasteiger partial charge >= 0.3 is 5.97 Å². The van der Waals surface area contributed by atoms with Crippen molar-refractivity contribution in [1.29, 1.82) is 0 Å². The van der Waals surface area contributed by atoms with Gasteiger partial charge < -0.3 is 20.3 Å². The summed E-state index contributed by atoms with van der Waals surface area (Å²) in [6, 6.07) is 4.69. The standard InChI is InChI=1S/C12H14BrNO5/c1-12(18,11(16)17)6-14-10(15)7-3-4-9(19-2)8(13)5-7/h3-5,18H,6H2,1-2H3,(H,14,15)(H,16,17). The normalized spacial score (nSPS) is 13.5. The summed E-state index contributed by atoms with van der Waals surface area (Å²) in [5.74, 6) is -1.30. The highest BCUT2D eigenvalue weighted by atomic mass is 79.9. The van der Waals surface area contributed by atoms with E-state index in [2.05, 4.69) is 21.2 Å². The first kappa shape index (κ1) is 15.5. The van der Waals surface area contributed by atoms with Gasteiger partial charge in [0.1, 0.15) is 5.75 Å². The molecule has 7 heteroatoms. The Morgan fingerprint density at radius 1 is 1.47 bits per heavy atom. The minimum Gasteiger partial charge on any atom is -0.496 e. The number of aliphatic carboxylic acids is 1. The van der Waals surface area contributed by atoms with Crippen LogP contribution in [-0.2, 0) is 4.79 Å². The molecule has 104 valence electrons. The highest BCUT2D eigenvalue weighted by Gasteiger charge is 2.30. The fourth-order valence-electron chi connectivity index (χ4n) is 1.24. The smallest absolute Gasteiger partial charge is 0.337 e. The van der Waals surface area contributed by atoms with Gasteiger partial charge in [-0.25, -0.2) is 4.79 Å². The number of hydrogen-bond donors (Lipinski definition) is 3. The number of carbonyl (C=O) groups excluding carboxylic acids is 1. The summed E-state index contributed by atoms with van der Waals surface area (Å²) >= 11 is 3.24. The molecule has 0 radical (unpaired) electrons. The highest BCUT2D eigenvalue weighted by molar-refractivity contribution is 9.10. The van der Waals surface area contributed by atoms with Crippen LogP contribution in [0.3, 0.4) is 0 Å². The third-order valence-corrected chi connectivity index (χ3v) is 3.09. The Morgan fingerprint density at radius 2 is 2.11 bits per heavy atom. The predicted molar refractivity (Wildman–Crippen MR) is 71.3 cm³/mol. The second-order valence-corrected chi connectivity index (χ2v) is 4.97. The molecular formula is C12H14BrNO5. The summed E-state index contributed by atoms with van der Waals surface area (Å²) in [6.45, 7) is 0.727. The van der Waals surface area contributed by atoms with Crippen LogP contribution >= 0.6 is 15.9 Å². The zero-order valence-corrected chi connectivity index (χ0v) is 12.0. The van der Waals surface area contributed by atoms with Crippen LogP contribution in [0.5, 0.6) is 5.75 Å². The molecule has 6 nitrogen and oxygen atoms in total. The lowest BCUT2D eigenvalue weighted by molar-refractivity contribution is -0.155. The van der Waals surface area contributed by atoms with Gasteiger partial charge in [-0.05, 0) is 41.1 Å². The lowest BCUT2D eigenvalue weighted by atomic mass is 10.1. The zero-order valence-electron chi connectivity index (χ0n) is 10.4. The maximum Gasteiger partial charge on any atom is 0.337 e. The van der Waals surface area contributed by atoms with Gasteiger partial charge in [-0.1, -0.05) is 0 Å². The molecule has 0 spiro atoms. The molecule has 0 saturated carbocycles. The number of halogens is 1. The predicted octanol–water partition coefficient (Wildman–Crippen LogP) is 1.02.